The number of hydrogen-bond acceptors (Lipinski definition) is 5. The van der Waals surface area contributed by atoms with E-state index in [4.69, 9.17) is 16.3 Å². The van der Waals surface area contributed by atoms with E-state index in [1.807, 2.05) is 0 Å². The maximum atomic E-state index is 13.2. The van der Waals surface area contributed by atoms with Gasteiger partial charge in [-0.2, -0.15) is 0 Å². The Morgan fingerprint density at radius 3 is 3.03 bits per heavy atom. The van der Waals surface area contributed by atoms with E-state index in [0.29, 0.717) is 34.6 Å². The number of carbonyl (C=O) groups is 2. The average molecular weight is 457 g/mol. The lowest BCUT2D eigenvalue weighted by atomic mass is 10.00. The summed E-state index contributed by atoms with van der Waals surface area (Å²) in [5.41, 5.74) is 0.762. The number of halogens is 1. The van der Waals surface area contributed by atoms with E-state index in [0.717, 1.165) is 19.5 Å². The predicted octanol–water partition coefficient (Wildman–Crippen LogP) is 4.26. The van der Waals surface area contributed by atoms with Gasteiger partial charge < -0.3 is 15.0 Å². The second-order valence-corrected chi connectivity index (χ2v) is 8.70. The minimum atomic E-state index is -0.344. The molecule has 2 amide bonds. The molecule has 0 spiro atoms. The molecular formula is C24H29ClN4O3. The Labute approximate surface area is 193 Å². The first-order valence-electron chi connectivity index (χ1n) is 11.3. The summed E-state index contributed by atoms with van der Waals surface area (Å²) in [6, 6.07) is 8.97. The third-order valence-corrected chi connectivity index (χ3v) is 6.37. The molecule has 4 rings (SSSR count). The van der Waals surface area contributed by atoms with Gasteiger partial charge in [-0.05, 0) is 62.6 Å². The molecule has 3 heterocycles. The molecule has 170 valence electrons. The molecule has 1 fully saturated rings. The van der Waals surface area contributed by atoms with Crippen LogP contribution < -0.4 is 15.0 Å². The molecule has 0 radical (unpaired) electrons. The number of rotatable bonds is 7. The van der Waals surface area contributed by atoms with Gasteiger partial charge in [0.1, 0.15) is 12.1 Å². The predicted molar refractivity (Wildman–Crippen MR) is 125 cm³/mol. The Kier molecular flexibility index (Phi) is 7.27. The number of nitrogens with zero attached hydrogens (tertiary/aromatic N) is 3. The second-order valence-electron chi connectivity index (χ2n) is 8.26. The Bertz CT molecular complexity index is 983. The molecule has 0 bridgehead atoms. The summed E-state index contributed by atoms with van der Waals surface area (Å²) < 4.78 is 5.86. The number of fused-ring (bicyclic) bond motifs is 2. The van der Waals surface area contributed by atoms with Gasteiger partial charge in [-0.15, -0.1) is 0 Å². The van der Waals surface area contributed by atoms with Crippen molar-refractivity contribution in [3.8, 4) is 11.6 Å². The van der Waals surface area contributed by atoms with E-state index in [9.17, 15) is 9.59 Å². The summed E-state index contributed by atoms with van der Waals surface area (Å²) >= 11 is 6.18. The van der Waals surface area contributed by atoms with Crippen LogP contribution in [0.5, 0.6) is 11.6 Å². The van der Waals surface area contributed by atoms with E-state index in [2.05, 4.69) is 22.1 Å². The van der Waals surface area contributed by atoms with Crippen molar-refractivity contribution in [3.63, 3.8) is 0 Å². The number of anilines is 1. The molecule has 1 N–H and O–H groups in total. The molecule has 1 aromatic heterocycles. The van der Waals surface area contributed by atoms with E-state index in [-0.39, 0.29) is 24.2 Å². The van der Waals surface area contributed by atoms with Crippen LogP contribution in [-0.2, 0) is 4.79 Å². The number of hydrogen-bond donors (Lipinski definition) is 1. The summed E-state index contributed by atoms with van der Waals surface area (Å²) in [5.74, 6) is 0.0883. The van der Waals surface area contributed by atoms with E-state index in [1.54, 1.807) is 36.5 Å². The van der Waals surface area contributed by atoms with Gasteiger partial charge in [0.05, 0.1) is 5.69 Å². The molecule has 2 aromatic rings. The number of carbonyl (C=O) groups excluding carboxylic acids is 2. The van der Waals surface area contributed by atoms with Crippen molar-refractivity contribution in [2.75, 3.05) is 31.1 Å². The number of benzene rings is 1. The normalized spacial score (nSPS) is 18.4. The number of amides is 2. The van der Waals surface area contributed by atoms with E-state index < -0.39 is 0 Å². The first-order chi connectivity index (χ1) is 15.6. The quantitative estimate of drug-likeness (QED) is 0.630. The Morgan fingerprint density at radius 1 is 1.31 bits per heavy atom. The zero-order valence-corrected chi connectivity index (χ0v) is 19.1. The highest BCUT2D eigenvalue weighted by Crippen LogP contribution is 2.39. The largest absolute Gasteiger partial charge is 0.436 e. The van der Waals surface area contributed by atoms with Crippen molar-refractivity contribution < 1.29 is 14.3 Å². The maximum absolute atomic E-state index is 13.2. The molecule has 2 aliphatic heterocycles. The number of likely N-dealkylation sites (tertiary alicyclic amines) is 1. The van der Waals surface area contributed by atoms with Crippen molar-refractivity contribution in [1.29, 1.82) is 0 Å². The van der Waals surface area contributed by atoms with Gasteiger partial charge in [0.25, 0.3) is 5.91 Å². The van der Waals surface area contributed by atoms with Crippen LogP contribution in [0.3, 0.4) is 0 Å². The molecule has 7 nitrogen and oxygen atoms in total. The Morgan fingerprint density at radius 2 is 2.19 bits per heavy atom. The number of ether oxygens (including phenoxy) is 1. The van der Waals surface area contributed by atoms with E-state index >= 15 is 0 Å². The van der Waals surface area contributed by atoms with Crippen LogP contribution in [-0.4, -0.2) is 53.9 Å². The fourth-order valence-corrected chi connectivity index (χ4v) is 4.63. The van der Waals surface area contributed by atoms with Crippen LogP contribution in [0.1, 0.15) is 49.4 Å². The maximum Gasteiger partial charge on any atom is 0.264 e. The van der Waals surface area contributed by atoms with Crippen molar-refractivity contribution >= 4 is 29.1 Å². The van der Waals surface area contributed by atoms with E-state index in [1.165, 1.54) is 30.6 Å². The van der Waals surface area contributed by atoms with Crippen LogP contribution in [0.2, 0.25) is 5.02 Å². The first-order valence-corrected chi connectivity index (χ1v) is 11.7. The molecule has 8 heteroatoms. The summed E-state index contributed by atoms with van der Waals surface area (Å²) in [7, 11) is 0. The molecule has 1 atom stereocenters. The fraction of sp³-hybridized carbons (Fsp3) is 0.458. The van der Waals surface area contributed by atoms with Crippen LogP contribution in [0, 0.1) is 0 Å². The average Bonchev–Trinajstić information content (AvgIpc) is 2.92. The van der Waals surface area contributed by atoms with Crippen molar-refractivity contribution in [2.45, 2.75) is 45.1 Å². The molecule has 2 aliphatic rings. The lowest BCUT2D eigenvalue weighted by Gasteiger charge is -2.35. The summed E-state index contributed by atoms with van der Waals surface area (Å²) in [6.07, 6.45) is 7.44. The standard InChI is InChI=1S/C24H29ClN4O3/c1-2-18-7-3-4-13-28(18)14-6-12-26-22(30)16-29-20-15-17(25)9-10-21(20)32-23-19(24(29)31)8-5-11-27-23/h5,8-11,15,18H,2-4,6-7,12-14,16H2,1H3,(H,26,30)/t18-/m0/s1. The zero-order chi connectivity index (χ0) is 22.5. The topological polar surface area (TPSA) is 74.8 Å². The highest BCUT2D eigenvalue weighted by molar-refractivity contribution is 6.31. The highest BCUT2D eigenvalue weighted by Gasteiger charge is 2.30. The van der Waals surface area contributed by atoms with Gasteiger partial charge in [0.2, 0.25) is 11.8 Å². The van der Waals surface area contributed by atoms with Gasteiger partial charge in [-0.25, -0.2) is 4.98 Å². The monoisotopic (exact) mass is 456 g/mol. The van der Waals surface area contributed by atoms with Crippen LogP contribution in [0.15, 0.2) is 36.5 Å². The minimum Gasteiger partial charge on any atom is -0.436 e. The molecule has 0 unspecified atom stereocenters. The molecule has 32 heavy (non-hydrogen) atoms. The first kappa shape index (κ1) is 22.6. The third kappa shape index (κ3) is 5.05. The smallest absolute Gasteiger partial charge is 0.264 e. The van der Waals surface area contributed by atoms with Crippen molar-refractivity contribution in [1.82, 2.24) is 15.2 Å². The molecule has 1 saturated heterocycles. The highest BCUT2D eigenvalue weighted by atomic mass is 35.5. The van der Waals surface area contributed by atoms with Gasteiger partial charge >= 0.3 is 0 Å². The van der Waals surface area contributed by atoms with Gasteiger partial charge in [-0.3, -0.25) is 14.5 Å². The SMILES string of the molecule is CC[C@H]1CCCCN1CCCNC(=O)CN1C(=O)c2cccnc2Oc2ccc(Cl)cc21. The van der Waals surface area contributed by atoms with Crippen molar-refractivity contribution in [3.05, 3.63) is 47.1 Å². The van der Waals surface area contributed by atoms with Gasteiger partial charge in [0.15, 0.2) is 5.75 Å². The molecule has 0 saturated carbocycles. The minimum absolute atomic E-state index is 0.120. The lowest BCUT2D eigenvalue weighted by molar-refractivity contribution is -0.119. The summed E-state index contributed by atoms with van der Waals surface area (Å²) in [4.78, 5) is 34.1. The Hall–Kier alpha value is -2.64. The summed E-state index contributed by atoms with van der Waals surface area (Å²) in [5, 5.41) is 3.42. The molecule has 1 aromatic carbocycles. The number of nitrogens with one attached hydrogen (secondary N) is 1. The van der Waals surface area contributed by atoms with Crippen LogP contribution in [0.25, 0.3) is 0 Å². The van der Waals surface area contributed by atoms with Crippen molar-refractivity contribution in [2.24, 2.45) is 0 Å². The molecular weight excluding hydrogens is 428 g/mol. The fourth-order valence-electron chi connectivity index (χ4n) is 4.46. The second kappa shape index (κ2) is 10.3. The lowest BCUT2D eigenvalue weighted by Crippen LogP contribution is -2.42. The van der Waals surface area contributed by atoms with Crippen LogP contribution >= 0.6 is 11.6 Å². The third-order valence-electron chi connectivity index (χ3n) is 6.13. The molecule has 0 aliphatic carbocycles. The number of aromatic nitrogens is 1. The van der Waals surface area contributed by atoms with Crippen LogP contribution in [0.4, 0.5) is 5.69 Å². The van der Waals surface area contributed by atoms with Gasteiger partial charge in [0, 0.05) is 30.4 Å². The Balaban J connectivity index is 1.40. The summed E-state index contributed by atoms with van der Waals surface area (Å²) in [6.45, 7) is 4.81. The number of pyridine rings is 1. The van der Waals surface area contributed by atoms with Gasteiger partial charge in [-0.1, -0.05) is 24.9 Å². The zero-order valence-electron chi connectivity index (χ0n) is 18.3. The number of piperidine rings is 1.